The number of rotatable bonds is 3. The van der Waals surface area contributed by atoms with Crippen molar-refractivity contribution in [3.05, 3.63) is 10.5 Å². The first-order valence-electron chi connectivity index (χ1n) is 4.61. The number of hydrogen-bond acceptors (Lipinski definition) is 6. The molecule has 94 valence electrons. The zero-order valence-corrected chi connectivity index (χ0v) is 9.97. The topological polar surface area (TPSA) is 113 Å². The van der Waals surface area contributed by atoms with Crippen LogP contribution in [0.25, 0.3) is 0 Å². The van der Waals surface area contributed by atoms with Gasteiger partial charge in [-0.25, -0.2) is 14.2 Å². The normalized spacial score (nSPS) is 10.0. The lowest BCUT2D eigenvalue weighted by Crippen LogP contribution is -2.27. The summed E-state index contributed by atoms with van der Waals surface area (Å²) in [6.07, 6.45) is 0.698. The Morgan fingerprint density at radius 3 is 2.71 bits per heavy atom. The zero-order valence-electron chi connectivity index (χ0n) is 9.15. The van der Waals surface area contributed by atoms with Crippen LogP contribution in [0.2, 0.25) is 0 Å². The molecule has 1 heterocycles. The fraction of sp³-hybridized carbons (Fsp3) is 0.571. The first-order chi connectivity index (χ1) is 7.97. The molecule has 0 aliphatic carbocycles. The molecule has 0 spiro atoms. The van der Waals surface area contributed by atoms with Crippen LogP contribution in [-0.2, 0) is 17.5 Å². The van der Waals surface area contributed by atoms with Gasteiger partial charge in [-0.3, -0.25) is 0 Å². The Hall–Kier alpha value is -1.97. The Morgan fingerprint density at radius 2 is 2.18 bits per heavy atom. The predicted octanol–water partition coefficient (Wildman–Crippen LogP) is -0.599. The van der Waals surface area contributed by atoms with Crippen LogP contribution >= 0.6 is 0 Å². The van der Waals surface area contributed by atoms with E-state index in [4.69, 9.17) is 4.74 Å². The van der Waals surface area contributed by atoms with Crippen molar-refractivity contribution in [2.24, 2.45) is 11.4 Å². The van der Waals surface area contributed by atoms with Crippen molar-refractivity contribution >= 4 is 16.5 Å². The molecule has 0 N–H and O–H groups in total. The van der Waals surface area contributed by atoms with Crippen LogP contribution in [0, 0.1) is 0 Å². The van der Waals surface area contributed by atoms with Gasteiger partial charge in [-0.15, -0.1) is 9.78 Å². The molecule has 1 rings (SSSR count). The summed E-state index contributed by atoms with van der Waals surface area (Å²) in [5.74, 6) is 0. The third-order valence-corrected chi connectivity index (χ3v) is 2.01. The number of carbonyl (C=O) groups is 1. The minimum atomic E-state index is -2.93. The van der Waals surface area contributed by atoms with Crippen molar-refractivity contribution in [1.29, 1.82) is 0 Å². The van der Waals surface area contributed by atoms with Crippen molar-refractivity contribution in [2.45, 2.75) is 13.3 Å². The van der Waals surface area contributed by atoms with Crippen LogP contribution in [0.5, 0.6) is 6.01 Å². The van der Waals surface area contributed by atoms with E-state index in [1.54, 1.807) is 0 Å². The van der Waals surface area contributed by atoms with Gasteiger partial charge in [0.05, 0.1) is 6.61 Å². The van der Waals surface area contributed by atoms with E-state index in [-0.39, 0.29) is 6.01 Å². The first-order valence-corrected chi connectivity index (χ1v) is 5.64. The van der Waals surface area contributed by atoms with Crippen molar-refractivity contribution in [3.63, 3.8) is 0 Å². The summed E-state index contributed by atoms with van der Waals surface area (Å²) < 4.78 is 29.4. The molecular weight excluding hydrogens is 252 g/mol. The molecule has 0 bridgehead atoms. The number of nitrogens with zero attached hydrogens (tertiary/aromatic N) is 4. The molecular formula is C7H10N4O5S. The van der Waals surface area contributed by atoms with Gasteiger partial charge < -0.3 is 4.74 Å². The maximum absolute atomic E-state index is 11.5. The number of hydrogen-bond donors (Lipinski definition) is 0. The van der Waals surface area contributed by atoms with Crippen LogP contribution in [0.3, 0.4) is 0 Å². The SMILES string of the molecule is CCCOc1nn(C(=O)N=S(=O)=O)c(=O)n1C. The molecule has 1 amide bonds. The predicted molar refractivity (Wildman–Crippen MR) is 55.4 cm³/mol. The van der Waals surface area contributed by atoms with Crippen LogP contribution in [0.15, 0.2) is 9.16 Å². The van der Waals surface area contributed by atoms with Gasteiger partial charge in [0.2, 0.25) is 0 Å². The molecule has 10 heteroatoms. The summed E-state index contributed by atoms with van der Waals surface area (Å²) in [7, 11) is -1.59. The van der Waals surface area contributed by atoms with E-state index >= 15 is 0 Å². The van der Waals surface area contributed by atoms with Crippen molar-refractivity contribution in [3.8, 4) is 6.01 Å². The molecule has 0 aromatic carbocycles. The molecule has 17 heavy (non-hydrogen) atoms. The van der Waals surface area contributed by atoms with E-state index in [1.807, 2.05) is 6.92 Å². The number of aromatic nitrogens is 3. The standard InChI is InChI=1S/C7H10N4O5S/c1-3-4-16-6-8-11(7(13)10(6)2)5(12)9-17(14)15/h3-4H2,1-2H3. The fourth-order valence-corrected chi connectivity index (χ4v) is 1.17. The fourth-order valence-electron chi connectivity index (χ4n) is 0.965. The van der Waals surface area contributed by atoms with Gasteiger partial charge >= 0.3 is 28.2 Å². The molecule has 0 saturated heterocycles. The maximum Gasteiger partial charge on any atom is 0.387 e. The van der Waals surface area contributed by atoms with E-state index in [9.17, 15) is 18.0 Å². The smallest absolute Gasteiger partial charge is 0.387 e. The second-order valence-corrected chi connectivity index (χ2v) is 3.59. The highest BCUT2D eigenvalue weighted by Gasteiger charge is 2.16. The highest BCUT2D eigenvalue weighted by Crippen LogP contribution is 2.01. The van der Waals surface area contributed by atoms with Crippen LogP contribution in [-0.4, -0.2) is 35.4 Å². The van der Waals surface area contributed by atoms with Gasteiger partial charge in [-0.05, 0) is 6.42 Å². The lowest BCUT2D eigenvalue weighted by atomic mass is 10.5. The summed E-state index contributed by atoms with van der Waals surface area (Å²) in [5, 5.41) is 3.53. The molecule has 1 aromatic heterocycles. The Labute approximate surface area is 97.3 Å². The third kappa shape index (κ3) is 3.00. The molecule has 0 atom stereocenters. The highest BCUT2D eigenvalue weighted by atomic mass is 32.2. The maximum atomic E-state index is 11.5. The molecule has 9 nitrogen and oxygen atoms in total. The average Bonchev–Trinajstić information content (AvgIpc) is 2.53. The van der Waals surface area contributed by atoms with E-state index in [0.29, 0.717) is 17.7 Å². The van der Waals surface area contributed by atoms with Crippen LogP contribution in [0.1, 0.15) is 13.3 Å². The summed E-state index contributed by atoms with van der Waals surface area (Å²) in [6.45, 7) is 2.18. The Morgan fingerprint density at radius 1 is 1.53 bits per heavy atom. The Kier molecular flexibility index (Phi) is 4.15. The van der Waals surface area contributed by atoms with Crippen LogP contribution in [0.4, 0.5) is 4.79 Å². The molecule has 0 aliphatic heterocycles. The second kappa shape index (κ2) is 5.39. The lowest BCUT2D eigenvalue weighted by Gasteiger charge is -1.99. The number of amides is 1. The van der Waals surface area contributed by atoms with Gasteiger partial charge in [0.15, 0.2) is 0 Å². The summed E-state index contributed by atoms with van der Waals surface area (Å²) in [6, 6.07) is -1.36. The molecule has 1 aromatic rings. The van der Waals surface area contributed by atoms with Gasteiger partial charge in [-0.1, -0.05) is 11.3 Å². The highest BCUT2D eigenvalue weighted by molar-refractivity contribution is 7.62. The molecule has 0 unspecified atom stereocenters. The second-order valence-electron chi connectivity index (χ2n) is 2.98. The Balaban J connectivity index is 3.15. The minimum absolute atomic E-state index is 0.0721. The van der Waals surface area contributed by atoms with Gasteiger partial charge in [0.25, 0.3) is 0 Å². The van der Waals surface area contributed by atoms with Crippen LogP contribution < -0.4 is 10.4 Å². The molecule has 0 radical (unpaired) electrons. The van der Waals surface area contributed by atoms with Crippen molar-refractivity contribution in [1.82, 2.24) is 14.3 Å². The van der Waals surface area contributed by atoms with E-state index in [2.05, 4.69) is 9.46 Å². The average molecular weight is 262 g/mol. The molecule has 0 aliphatic rings. The zero-order chi connectivity index (χ0) is 13.0. The van der Waals surface area contributed by atoms with E-state index in [1.165, 1.54) is 7.05 Å². The largest absolute Gasteiger partial charge is 0.464 e. The van der Waals surface area contributed by atoms with E-state index in [0.717, 1.165) is 4.57 Å². The monoisotopic (exact) mass is 262 g/mol. The summed E-state index contributed by atoms with van der Waals surface area (Å²) >= 11 is 0. The van der Waals surface area contributed by atoms with Gasteiger partial charge in [-0.2, -0.15) is 8.42 Å². The summed E-state index contributed by atoms with van der Waals surface area (Å²) in [4.78, 5) is 22.7. The lowest BCUT2D eigenvalue weighted by molar-refractivity contribution is 0.245. The third-order valence-electron chi connectivity index (χ3n) is 1.71. The van der Waals surface area contributed by atoms with Crippen molar-refractivity contribution in [2.75, 3.05) is 6.61 Å². The summed E-state index contributed by atoms with van der Waals surface area (Å²) in [5.41, 5.74) is -0.824. The minimum Gasteiger partial charge on any atom is -0.464 e. The molecule has 0 fully saturated rings. The first kappa shape index (κ1) is 13.1. The van der Waals surface area contributed by atoms with Gasteiger partial charge in [0, 0.05) is 7.05 Å². The number of carbonyl (C=O) groups excluding carboxylic acids is 1. The Bertz CT molecular complexity index is 603. The number of ether oxygens (including phenoxy) is 1. The molecule has 0 saturated carbocycles. The van der Waals surface area contributed by atoms with Crippen molar-refractivity contribution < 1.29 is 17.9 Å². The van der Waals surface area contributed by atoms with Gasteiger partial charge in [0.1, 0.15) is 0 Å². The van der Waals surface area contributed by atoms with E-state index < -0.39 is 22.2 Å². The quantitative estimate of drug-likeness (QED) is 0.718.